The summed E-state index contributed by atoms with van der Waals surface area (Å²) in [7, 11) is -2.45. The molecule has 1 aromatic carbocycles. The number of nitrogens with one attached hydrogen (secondary N) is 1. The zero-order valence-electron chi connectivity index (χ0n) is 15.0. The van der Waals surface area contributed by atoms with Crippen molar-refractivity contribution in [1.29, 1.82) is 0 Å². The summed E-state index contributed by atoms with van der Waals surface area (Å²) in [5.41, 5.74) is 0.787. The normalized spacial score (nSPS) is 19.7. The second-order valence-corrected chi connectivity index (χ2v) is 8.20. The highest BCUT2D eigenvalue weighted by molar-refractivity contribution is 7.89. The Morgan fingerprint density at radius 2 is 1.92 bits per heavy atom. The van der Waals surface area contributed by atoms with E-state index in [1.54, 1.807) is 24.0 Å². The molecule has 1 aromatic rings. The van der Waals surface area contributed by atoms with E-state index in [-0.39, 0.29) is 23.1 Å². The highest BCUT2D eigenvalue weighted by atomic mass is 32.2. The van der Waals surface area contributed by atoms with E-state index in [1.807, 2.05) is 0 Å². The van der Waals surface area contributed by atoms with Crippen molar-refractivity contribution in [2.45, 2.75) is 30.4 Å². The summed E-state index contributed by atoms with van der Waals surface area (Å²) in [6.45, 7) is 3.61. The number of rotatable bonds is 5. The first-order valence-corrected chi connectivity index (χ1v) is 10.0. The predicted molar refractivity (Wildman–Crippen MR) is 93.4 cm³/mol. The maximum absolute atomic E-state index is 12.6. The van der Waals surface area contributed by atoms with Crippen molar-refractivity contribution in [3.05, 3.63) is 23.8 Å². The highest BCUT2D eigenvalue weighted by Gasteiger charge is 2.40. The third-order valence-electron chi connectivity index (χ3n) is 4.71. The molecule has 0 aliphatic carbocycles. The van der Waals surface area contributed by atoms with Crippen LogP contribution in [0, 0.1) is 6.92 Å². The number of nitrogens with zero attached hydrogens (tertiary/aromatic N) is 1. The first-order valence-electron chi connectivity index (χ1n) is 8.55. The molecular formula is C17H24N2O6S. The molecule has 1 amide bonds. The van der Waals surface area contributed by atoms with Crippen LogP contribution in [-0.2, 0) is 24.3 Å². The molecule has 9 heteroatoms. The van der Waals surface area contributed by atoms with Crippen LogP contribution in [-0.4, -0.2) is 65.0 Å². The molecule has 0 saturated carbocycles. The van der Waals surface area contributed by atoms with Crippen LogP contribution in [0.1, 0.15) is 18.4 Å². The van der Waals surface area contributed by atoms with Gasteiger partial charge in [0.05, 0.1) is 26.9 Å². The van der Waals surface area contributed by atoms with Gasteiger partial charge in [-0.15, -0.1) is 0 Å². The number of amides is 1. The minimum Gasteiger partial charge on any atom is -0.495 e. The third kappa shape index (κ3) is 4.01. The Morgan fingerprint density at radius 3 is 2.54 bits per heavy atom. The first kappa shape index (κ1) is 19.1. The number of likely N-dealkylation sites (tertiary alicyclic amines) is 1. The molecule has 0 bridgehead atoms. The van der Waals surface area contributed by atoms with Gasteiger partial charge in [0.15, 0.2) is 5.79 Å². The van der Waals surface area contributed by atoms with Crippen molar-refractivity contribution >= 4 is 15.9 Å². The molecule has 2 fully saturated rings. The number of benzene rings is 1. The molecule has 144 valence electrons. The summed E-state index contributed by atoms with van der Waals surface area (Å²) in [5.74, 6) is -0.593. The molecule has 0 unspecified atom stereocenters. The maximum atomic E-state index is 12.6. The zero-order chi connectivity index (χ0) is 18.8. The van der Waals surface area contributed by atoms with Gasteiger partial charge in [-0.1, -0.05) is 6.07 Å². The van der Waals surface area contributed by atoms with E-state index in [9.17, 15) is 13.2 Å². The largest absolute Gasteiger partial charge is 0.495 e. The van der Waals surface area contributed by atoms with E-state index in [0.717, 1.165) is 5.56 Å². The molecule has 1 N–H and O–H groups in total. The van der Waals surface area contributed by atoms with Crippen LogP contribution in [0.4, 0.5) is 0 Å². The number of carbonyl (C=O) groups excluding carboxylic acids is 1. The number of hydrogen-bond acceptors (Lipinski definition) is 6. The molecule has 2 aliphatic heterocycles. The number of carbonyl (C=O) groups is 1. The van der Waals surface area contributed by atoms with Crippen molar-refractivity contribution in [3.63, 3.8) is 0 Å². The lowest BCUT2D eigenvalue weighted by molar-refractivity contribution is -0.187. The van der Waals surface area contributed by atoms with Gasteiger partial charge < -0.3 is 19.1 Å². The minimum atomic E-state index is -3.85. The van der Waals surface area contributed by atoms with Crippen LogP contribution < -0.4 is 9.46 Å². The number of hydrogen-bond donors (Lipinski definition) is 1. The molecule has 2 heterocycles. The van der Waals surface area contributed by atoms with Gasteiger partial charge in [0.25, 0.3) is 0 Å². The number of aryl methyl sites for hydroxylation is 1. The van der Waals surface area contributed by atoms with Gasteiger partial charge >= 0.3 is 0 Å². The number of piperidine rings is 1. The second kappa shape index (κ2) is 7.51. The molecule has 1 spiro atoms. The summed E-state index contributed by atoms with van der Waals surface area (Å²) in [4.78, 5) is 14.0. The SMILES string of the molecule is COc1ccc(C)cc1S(=O)(=O)NCC(=O)N1CCC2(CC1)OCCO2. The molecule has 26 heavy (non-hydrogen) atoms. The van der Waals surface area contributed by atoms with Crippen LogP contribution in [0.25, 0.3) is 0 Å². The summed E-state index contributed by atoms with van der Waals surface area (Å²) < 4.78 is 43.9. The quantitative estimate of drug-likeness (QED) is 0.801. The lowest BCUT2D eigenvalue weighted by Gasteiger charge is -2.37. The standard InChI is InChI=1S/C17H24N2O6S/c1-13-3-4-14(23-2)15(11-13)26(21,22)18-12-16(20)19-7-5-17(6-8-19)24-9-10-25-17/h3-4,11,18H,5-10,12H2,1-2H3. The fraction of sp³-hybridized carbons (Fsp3) is 0.588. The molecule has 0 atom stereocenters. The summed E-state index contributed by atoms with van der Waals surface area (Å²) in [6.07, 6.45) is 1.19. The van der Waals surface area contributed by atoms with Crippen LogP contribution in [0.2, 0.25) is 0 Å². The lowest BCUT2D eigenvalue weighted by atomic mass is 10.0. The minimum absolute atomic E-state index is 0.0261. The van der Waals surface area contributed by atoms with E-state index in [2.05, 4.69) is 4.72 Å². The summed E-state index contributed by atoms with van der Waals surface area (Å²) >= 11 is 0. The van der Waals surface area contributed by atoms with Gasteiger partial charge in [-0.25, -0.2) is 13.1 Å². The molecule has 3 rings (SSSR count). The number of ether oxygens (including phenoxy) is 3. The van der Waals surface area contributed by atoms with Gasteiger partial charge in [-0.05, 0) is 24.6 Å². The average molecular weight is 384 g/mol. The molecule has 0 radical (unpaired) electrons. The van der Waals surface area contributed by atoms with E-state index in [0.29, 0.717) is 39.1 Å². The molecule has 0 aromatic heterocycles. The van der Waals surface area contributed by atoms with E-state index in [1.165, 1.54) is 13.2 Å². The second-order valence-electron chi connectivity index (χ2n) is 6.47. The monoisotopic (exact) mass is 384 g/mol. The van der Waals surface area contributed by atoms with Crippen molar-refractivity contribution in [2.24, 2.45) is 0 Å². The first-order chi connectivity index (χ1) is 12.4. The molecular weight excluding hydrogens is 360 g/mol. The van der Waals surface area contributed by atoms with Crippen molar-refractivity contribution < 1.29 is 27.4 Å². The van der Waals surface area contributed by atoms with Crippen LogP contribution in [0.15, 0.2) is 23.1 Å². The topological polar surface area (TPSA) is 94.2 Å². The number of sulfonamides is 1. The Bertz CT molecular complexity index is 763. The fourth-order valence-corrected chi connectivity index (χ4v) is 4.45. The molecule has 8 nitrogen and oxygen atoms in total. The smallest absolute Gasteiger partial charge is 0.244 e. The Hall–Kier alpha value is -1.68. The van der Waals surface area contributed by atoms with Crippen molar-refractivity contribution in [2.75, 3.05) is 40.0 Å². The van der Waals surface area contributed by atoms with E-state index >= 15 is 0 Å². The predicted octanol–water partition coefficient (Wildman–Crippen LogP) is 0.647. The fourth-order valence-electron chi connectivity index (χ4n) is 3.22. The van der Waals surface area contributed by atoms with Gasteiger partial charge in [-0.2, -0.15) is 0 Å². The Labute approximate surface area is 153 Å². The van der Waals surface area contributed by atoms with Crippen molar-refractivity contribution in [3.8, 4) is 5.75 Å². The Morgan fingerprint density at radius 1 is 1.27 bits per heavy atom. The van der Waals surface area contributed by atoms with Crippen molar-refractivity contribution in [1.82, 2.24) is 9.62 Å². The van der Waals surface area contributed by atoms with Gasteiger partial charge in [0, 0.05) is 25.9 Å². The molecule has 2 saturated heterocycles. The van der Waals surface area contributed by atoms with E-state index < -0.39 is 15.8 Å². The Kier molecular flexibility index (Phi) is 5.52. The lowest BCUT2D eigenvalue weighted by Crippen LogP contribution is -2.49. The third-order valence-corrected chi connectivity index (χ3v) is 6.14. The van der Waals surface area contributed by atoms with Crippen LogP contribution >= 0.6 is 0 Å². The maximum Gasteiger partial charge on any atom is 0.244 e. The van der Waals surface area contributed by atoms with Crippen LogP contribution in [0.5, 0.6) is 5.75 Å². The average Bonchev–Trinajstić information content (AvgIpc) is 3.08. The van der Waals surface area contributed by atoms with Crippen LogP contribution in [0.3, 0.4) is 0 Å². The zero-order valence-corrected chi connectivity index (χ0v) is 15.8. The van der Waals surface area contributed by atoms with Gasteiger partial charge in [0.1, 0.15) is 10.6 Å². The number of methoxy groups -OCH3 is 1. The highest BCUT2D eigenvalue weighted by Crippen LogP contribution is 2.31. The van der Waals surface area contributed by atoms with Gasteiger partial charge in [0.2, 0.25) is 15.9 Å². The van der Waals surface area contributed by atoms with E-state index in [4.69, 9.17) is 14.2 Å². The Balaban J connectivity index is 1.60. The summed E-state index contributed by atoms with van der Waals surface area (Å²) in [6, 6.07) is 4.88. The van der Waals surface area contributed by atoms with Gasteiger partial charge in [-0.3, -0.25) is 4.79 Å². The summed E-state index contributed by atoms with van der Waals surface area (Å²) in [5, 5.41) is 0. The molecule has 2 aliphatic rings.